The first kappa shape index (κ1) is 37.0. The minimum absolute atomic E-state index is 0.0629. The lowest BCUT2D eigenvalue weighted by Crippen LogP contribution is -2.53. The van der Waals surface area contributed by atoms with Crippen molar-refractivity contribution < 1.29 is 27.8 Å². The lowest BCUT2D eigenvalue weighted by molar-refractivity contribution is -0.137. The van der Waals surface area contributed by atoms with E-state index >= 15 is 0 Å². The molecule has 1 atom stereocenters. The van der Waals surface area contributed by atoms with E-state index in [-0.39, 0.29) is 37.0 Å². The first-order valence-corrected chi connectivity index (χ1v) is 17.2. The van der Waals surface area contributed by atoms with Crippen molar-refractivity contribution in [3.05, 3.63) is 72.1 Å². The number of ether oxygens (including phenoxy) is 1. The number of methoxy groups -OCH3 is 1. The molecule has 2 aromatic carbocycles. The monoisotopic (exact) mass is 698 g/mol. The summed E-state index contributed by atoms with van der Waals surface area (Å²) < 4.78 is 44.6. The van der Waals surface area contributed by atoms with Gasteiger partial charge in [-0.15, -0.1) is 0 Å². The predicted octanol–water partition coefficient (Wildman–Crippen LogP) is 4.15. The van der Waals surface area contributed by atoms with Gasteiger partial charge in [0.2, 0.25) is 5.91 Å². The fourth-order valence-electron chi connectivity index (χ4n) is 6.82. The maximum absolute atomic E-state index is 13.0. The van der Waals surface area contributed by atoms with Crippen molar-refractivity contribution >= 4 is 28.8 Å². The van der Waals surface area contributed by atoms with Crippen molar-refractivity contribution in [1.29, 1.82) is 0 Å². The number of piperazine rings is 1. The molecule has 2 aliphatic heterocycles. The summed E-state index contributed by atoms with van der Waals surface area (Å²) in [4.78, 5) is 24.5. The number of amidine groups is 1. The number of hydrogen-bond acceptors (Lipinski definition) is 9. The number of alkyl halides is 3. The number of halogens is 3. The van der Waals surface area contributed by atoms with Crippen LogP contribution in [0.15, 0.2) is 65.9 Å². The smallest absolute Gasteiger partial charge is 0.416 e. The standard InChI is InChI=1S/C36H49F3N8O3/c1-3-35(49)44-29-21-30(43-34(41)23-33(40)42-26(12-19-48)20-24-4-6-25(7-5-24)36(37,38)39)32(50-2)22-31(29)47-13-10-28(11-14-47)46-17-15-45(16-18-46)27-8-9-27/h3-7,21-23,26-28,43,48H,1,8-20,41H2,2H3,(H2,40,42)(H,44,49)/b34-23+/t26-/m1/s1. The van der Waals surface area contributed by atoms with Crippen molar-refractivity contribution in [3.8, 4) is 5.75 Å². The van der Waals surface area contributed by atoms with Crippen molar-refractivity contribution in [3.63, 3.8) is 0 Å². The number of amides is 1. The summed E-state index contributed by atoms with van der Waals surface area (Å²) in [6, 6.07) is 9.30. The number of carbonyl (C=O) groups is 1. The van der Waals surface area contributed by atoms with Crippen molar-refractivity contribution in [2.24, 2.45) is 16.5 Å². The van der Waals surface area contributed by atoms with Crippen LogP contribution in [-0.4, -0.2) is 97.8 Å². The molecule has 2 saturated heterocycles. The average molecular weight is 699 g/mol. The molecule has 1 saturated carbocycles. The highest BCUT2D eigenvalue weighted by Crippen LogP contribution is 2.39. The van der Waals surface area contributed by atoms with Crippen LogP contribution >= 0.6 is 0 Å². The van der Waals surface area contributed by atoms with E-state index in [2.05, 4.69) is 36.9 Å². The Kier molecular flexibility index (Phi) is 12.3. The van der Waals surface area contributed by atoms with Gasteiger partial charge < -0.3 is 36.8 Å². The van der Waals surface area contributed by atoms with E-state index in [0.717, 1.165) is 76.0 Å². The summed E-state index contributed by atoms with van der Waals surface area (Å²) in [5, 5.41) is 15.6. The minimum atomic E-state index is -4.43. The van der Waals surface area contributed by atoms with Crippen molar-refractivity contribution in [1.82, 2.24) is 9.80 Å². The van der Waals surface area contributed by atoms with Crippen LogP contribution in [0, 0.1) is 0 Å². The maximum atomic E-state index is 13.0. The molecule has 0 spiro atoms. The molecule has 3 fully saturated rings. The second kappa shape index (κ2) is 16.6. The zero-order chi connectivity index (χ0) is 35.8. The number of carbonyl (C=O) groups excluding carboxylic acids is 1. The SMILES string of the molecule is C=CC(=O)Nc1cc(N/C(N)=C/C(N)=N[C@H](CCO)Cc2ccc(C(F)(F)F)cc2)c(OC)cc1N1CCC(N2CCN(C3CC3)CC2)CC1. The lowest BCUT2D eigenvalue weighted by atomic mass is 10.0. The van der Waals surface area contributed by atoms with E-state index in [4.69, 9.17) is 16.2 Å². The second-order valence-corrected chi connectivity index (χ2v) is 13.1. The predicted molar refractivity (Wildman–Crippen MR) is 191 cm³/mol. The highest BCUT2D eigenvalue weighted by Gasteiger charge is 2.34. The van der Waals surface area contributed by atoms with Gasteiger partial charge in [-0.1, -0.05) is 18.7 Å². The number of aliphatic hydroxyl groups excluding tert-OH is 1. The molecule has 272 valence electrons. The van der Waals surface area contributed by atoms with Gasteiger partial charge in [-0.25, -0.2) is 0 Å². The van der Waals surface area contributed by atoms with E-state index in [1.54, 1.807) is 13.2 Å². The summed E-state index contributed by atoms with van der Waals surface area (Å²) in [7, 11) is 1.55. The number of nitrogens with zero attached hydrogens (tertiary/aromatic N) is 4. The van der Waals surface area contributed by atoms with Crippen LogP contribution in [0.25, 0.3) is 0 Å². The van der Waals surface area contributed by atoms with E-state index in [9.17, 15) is 23.1 Å². The zero-order valence-electron chi connectivity index (χ0n) is 28.6. The first-order chi connectivity index (χ1) is 24.0. The van der Waals surface area contributed by atoms with Crippen LogP contribution in [0.5, 0.6) is 5.75 Å². The third-order valence-corrected chi connectivity index (χ3v) is 9.62. The summed E-state index contributed by atoms with van der Waals surface area (Å²) in [5.74, 6) is 0.349. The number of benzene rings is 2. The quantitative estimate of drug-likeness (QED) is 0.112. The van der Waals surface area contributed by atoms with Crippen LogP contribution in [-0.2, 0) is 17.4 Å². The van der Waals surface area contributed by atoms with Gasteiger partial charge in [0.05, 0.1) is 35.8 Å². The molecule has 2 aromatic rings. The minimum Gasteiger partial charge on any atom is -0.494 e. The number of nitrogens with two attached hydrogens (primary N) is 2. The molecule has 5 rings (SSSR count). The Morgan fingerprint density at radius 1 is 1.00 bits per heavy atom. The largest absolute Gasteiger partial charge is 0.494 e. The molecule has 7 N–H and O–H groups in total. The van der Waals surface area contributed by atoms with E-state index in [0.29, 0.717) is 28.7 Å². The highest BCUT2D eigenvalue weighted by molar-refractivity contribution is 6.02. The van der Waals surface area contributed by atoms with Crippen LogP contribution in [0.4, 0.5) is 30.2 Å². The van der Waals surface area contributed by atoms with Gasteiger partial charge in [-0.3, -0.25) is 19.6 Å². The second-order valence-electron chi connectivity index (χ2n) is 13.1. The van der Waals surface area contributed by atoms with Gasteiger partial charge in [0.1, 0.15) is 17.4 Å². The number of piperidine rings is 1. The summed E-state index contributed by atoms with van der Waals surface area (Å²) in [6.45, 7) is 9.60. The number of hydrogen-bond donors (Lipinski definition) is 5. The Morgan fingerprint density at radius 2 is 1.62 bits per heavy atom. The summed E-state index contributed by atoms with van der Waals surface area (Å²) in [5.41, 5.74) is 14.3. The number of aliphatic imine (C=N–C) groups is 1. The molecule has 1 amide bonds. The fraction of sp³-hybridized carbons (Fsp3) is 0.500. The normalized spacial score (nSPS) is 19.3. The summed E-state index contributed by atoms with van der Waals surface area (Å²) >= 11 is 0. The summed E-state index contributed by atoms with van der Waals surface area (Å²) in [6.07, 6.45) is 3.45. The molecule has 0 aromatic heterocycles. The molecule has 14 heteroatoms. The van der Waals surface area contributed by atoms with Crippen LogP contribution < -0.4 is 31.7 Å². The Hall–Kier alpha value is -4.27. The van der Waals surface area contributed by atoms with Gasteiger partial charge in [0.25, 0.3) is 0 Å². The molecule has 1 aliphatic carbocycles. The highest BCUT2D eigenvalue weighted by atomic mass is 19.4. The average Bonchev–Trinajstić information content (AvgIpc) is 3.94. The van der Waals surface area contributed by atoms with E-state index < -0.39 is 17.8 Å². The Labute approximate surface area is 291 Å². The molecule has 0 radical (unpaired) electrons. The Morgan fingerprint density at radius 3 is 2.16 bits per heavy atom. The number of rotatable bonds is 14. The molecule has 0 unspecified atom stereocenters. The third-order valence-electron chi connectivity index (χ3n) is 9.62. The maximum Gasteiger partial charge on any atom is 0.416 e. The molecule has 11 nitrogen and oxygen atoms in total. The molecular weight excluding hydrogens is 649 g/mol. The van der Waals surface area contributed by atoms with Crippen molar-refractivity contribution in [2.45, 2.75) is 62.8 Å². The van der Waals surface area contributed by atoms with Gasteiger partial charge >= 0.3 is 6.18 Å². The molecular formula is C36H49F3N8O3. The number of nitrogens with one attached hydrogen (secondary N) is 2. The van der Waals surface area contributed by atoms with Gasteiger partial charge in [-0.2, -0.15) is 13.2 Å². The molecule has 50 heavy (non-hydrogen) atoms. The molecule has 3 aliphatic rings. The fourth-order valence-corrected chi connectivity index (χ4v) is 6.82. The van der Waals surface area contributed by atoms with Crippen molar-refractivity contribution in [2.75, 3.05) is 68.5 Å². The Bertz CT molecular complexity index is 1530. The van der Waals surface area contributed by atoms with Crippen LogP contribution in [0.3, 0.4) is 0 Å². The zero-order valence-corrected chi connectivity index (χ0v) is 28.6. The van der Waals surface area contributed by atoms with E-state index in [1.165, 1.54) is 37.1 Å². The lowest BCUT2D eigenvalue weighted by Gasteiger charge is -2.43. The van der Waals surface area contributed by atoms with Gasteiger partial charge in [-0.05, 0) is 68.4 Å². The molecule has 2 heterocycles. The topological polar surface area (TPSA) is 145 Å². The van der Waals surface area contributed by atoms with E-state index in [1.807, 2.05) is 6.07 Å². The first-order valence-electron chi connectivity index (χ1n) is 17.2. The van der Waals surface area contributed by atoms with Gasteiger partial charge in [0.15, 0.2) is 0 Å². The molecule has 0 bridgehead atoms. The number of aliphatic hydroxyl groups is 1. The third kappa shape index (κ3) is 9.92. The Balaban J connectivity index is 1.27. The van der Waals surface area contributed by atoms with Crippen LogP contribution in [0.1, 0.15) is 43.2 Å². The van der Waals surface area contributed by atoms with Crippen LogP contribution in [0.2, 0.25) is 0 Å². The van der Waals surface area contributed by atoms with Gasteiger partial charge in [0, 0.05) is 70.1 Å². The number of anilines is 3.